The molecule has 0 amide bonds. The number of hydrogen-bond acceptors (Lipinski definition) is 6. The molecule has 7 nitrogen and oxygen atoms in total. The molecule has 0 aliphatic heterocycles. The van der Waals surface area contributed by atoms with Crippen molar-refractivity contribution in [2.45, 2.75) is 0 Å². The minimum Gasteiger partial charge on any atom is -0.378 e. The minimum atomic E-state index is -3.94. The lowest BCUT2D eigenvalue weighted by atomic mass is 10.6. The summed E-state index contributed by atoms with van der Waals surface area (Å²) in [5, 5.41) is 0. The molecule has 0 bridgehead atoms. The Labute approximate surface area is 114 Å². The van der Waals surface area contributed by atoms with Gasteiger partial charge in [0.25, 0.3) is 10.1 Å². The van der Waals surface area contributed by atoms with Gasteiger partial charge in [0.15, 0.2) is 0 Å². The first kappa shape index (κ1) is 18.5. The molecule has 1 N–H and O–H groups in total. The molecule has 0 fully saturated rings. The fraction of sp³-hybridized carbons (Fsp3) is 0.818. The molecule has 114 valence electrons. The molecule has 19 heavy (non-hydrogen) atoms. The topological polar surface area (TPSA) is 91.3 Å². The zero-order valence-electron chi connectivity index (χ0n) is 11.0. The van der Waals surface area contributed by atoms with Crippen molar-refractivity contribution in [1.29, 1.82) is 0 Å². The van der Waals surface area contributed by atoms with Crippen LogP contribution in [0, 0.1) is 0 Å². The van der Waals surface area contributed by atoms with E-state index in [9.17, 15) is 8.42 Å². The van der Waals surface area contributed by atoms with Crippen molar-refractivity contribution in [2.75, 3.05) is 58.6 Å². The first-order valence-corrected chi connectivity index (χ1v) is 7.54. The van der Waals surface area contributed by atoms with E-state index in [0.717, 1.165) is 0 Å². The van der Waals surface area contributed by atoms with Crippen LogP contribution in [-0.4, -0.2) is 71.6 Å². The lowest BCUT2D eigenvalue weighted by molar-refractivity contribution is 0.00252. The molecule has 8 heteroatoms. The molecule has 0 radical (unpaired) electrons. The van der Waals surface area contributed by atoms with Crippen LogP contribution in [0.25, 0.3) is 0 Å². The first-order valence-electron chi connectivity index (χ1n) is 5.93. The average Bonchev–Trinajstić information content (AvgIpc) is 2.34. The molecule has 0 saturated carbocycles. The molecule has 0 rings (SSSR count). The molecule has 0 saturated heterocycles. The van der Waals surface area contributed by atoms with Crippen LogP contribution in [0.1, 0.15) is 0 Å². The third-order valence-corrected chi connectivity index (χ3v) is 2.52. The minimum absolute atomic E-state index is 0.0423. The Morgan fingerprint density at radius 2 is 1.26 bits per heavy atom. The lowest BCUT2D eigenvalue weighted by Gasteiger charge is -2.06. The summed E-state index contributed by atoms with van der Waals surface area (Å²) in [7, 11) is -3.94. The summed E-state index contributed by atoms with van der Waals surface area (Å²) in [6.45, 7) is 6.53. The van der Waals surface area contributed by atoms with Crippen LogP contribution in [0.5, 0.6) is 0 Å². The molecular weight excluding hydrogens is 276 g/mol. The standard InChI is InChI=1S/C11H22O7S/c1-2-3-15-4-5-16-6-7-17-8-9-18-10-11-19(12,13)14/h2H,1,3-11H2,(H,12,13,14). The highest BCUT2D eigenvalue weighted by atomic mass is 32.2. The van der Waals surface area contributed by atoms with E-state index >= 15 is 0 Å². The van der Waals surface area contributed by atoms with Crippen molar-refractivity contribution in [1.82, 2.24) is 0 Å². The van der Waals surface area contributed by atoms with Gasteiger partial charge in [-0.15, -0.1) is 6.58 Å². The highest BCUT2D eigenvalue weighted by Gasteiger charge is 2.02. The van der Waals surface area contributed by atoms with Crippen LogP contribution in [0.2, 0.25) is 0 Å². The molecule has 0 aromatic carbocycles. The third-order valence-electron chi connectivity index (χ3n) is 1.84. The molecule has 0 aliphatic carbocycles. The lowest BCUT2D eigenvalue weighted by Crippen LogP contribution is -2.15. The van der Waals surface area contributed by atoms with E-state index in [1.807, 2.05) is 0 Å². The van der Waals surface area contributed by atoms with Gasteiger partial charge in [-0.1, -0.05) is 6.08 Å². The molecular formula is C11H22O7S. The molecule has 0 heterocycles. The van der Waals surface area contributed by atoms with Gasteiger partial charge in [0.05, 0.1) is 58.6 Å². The number of hydrogen-bond donors (Lipinski definition) is 1. The Morgan fingerprint density at radius 3 is 1.68 bits per heavy atom. The zero-order chi connectivity index (χ0) is 14.4. The van der Waals surface area contributed by atoms with E-state index in [1.165, 1.54) is 0 Å². The fourth-order valence-electron chi connectivity index (χ4n) is 0.991. The van der Waals surface area contributed by atoms with E-state index in [4.69, 9.17) is 23.5 Å². The second-order valence-electron chi connectivity index (χ2n) is 3.49. The van der Waals surface area contributed by atoms with Crippen molar-refractivity contribution in [3.63, 3.8) is 0 Å². The second kappa shape index (κ2) is 12.5. The van der Waals surface area contributed by atoms with E-state index in [0.29, 0.717) is 39.6 Å². The van der Waals surface area contributed by atoms with Crippen LogP contribution in [0.4, 0.5) is 0 Å². The van der Waals surface area contributed by atoms with Crippen molar-refractivity contribution < 1.29 is 31.9 Å². The third kappa shape index (κ3) is 17.5. The van der Waals surface area contributed by atoms with Crippen LogP contribution < -0.4 is 0 Å². The maximum absolute atomic E-state index is 10.3. The highest BCUT2D eigenvalue weighted by Crippen LogP contribution is 1.85. The summed E-state index contributed by atoms with van der Waals surface area (Å²) < 4.78 is 49.6. The normalized spacial score (nSPS) is 11.6. The van der Waals surface area contributed by atoms with Crippen molar-refractivity contribution in [3.05, 3.63) is 12.7 Å². The van der Waals surface area contributed by atoms with Gasteiger partial charge in [0.1, 0.15) is 0 Å². The second-order valence-corrected chi connectivity index (χ2v) is 5.06. The summed E-state index contributed by atoms with van der Waals surface area (Å²) >= 11 is 0. The van der Waals surface area contributed by atoms with Crippen LogP contribution in [0.15, 0.2) is 12.7 Å². The van der Waals surface area contributed by atoms with E-state index < -0.39 is 15.9 Å². The van der Waals surface area contributed by atoms with Crippen molar-refractivity contribution in [3.8, 4) is 0 Å². The van der Waals surface area contributed by atoms with Gasteiger partial charge in [0.2, 0.25) is 0 Å². The molecule has 0 aromatic heterocycles. The molecule has 0 atom stereocenters. The molecule has 0 unspecified atom stereocenters. The summed E-state index contributed by atoms with van der Waals surface area (Å²) in [5.74, 6) is -0.402. The molecule has 0 spiro atoms. The molecule has 0 aliphatic rings. The van der Waals surface area contributed by atoms with Crippen LogP contribution in [-0.2, 0) is 29.1 Å². The maximum Gasteiger partial charge on any atom is 0.267 e. The van der Waals surface area contributed by atoms with E-state index in [-0.39, 0.29) is 13.2 Å². The highest BCUT2D eigenvalue weighted by molar-refractivity contribution is 7.85. The number of ether oxygens (including phenoxy) is 4. The van der Waals surface area contributed by atoms with Crippen LogP contribution >= 0.6 is 0 Å². The number of rotatable bonds is 14. The van der Waals surface area contributed by atoms with Gasteiger partial charge < -0.3 is 18.9 Å². The quantitative estimate of drug-likeness (QED) is 0.277. The fourth-order valence-corrected chi connectivity index (χ4v) is 1.32. The summed E-state index contributed by atoms with van der Waals surface area (Å²) in [5.41, 5.74) is 0. The van der Waals surface area contributed by atoms with Gasteiger partial charge in [-0.2, -0.15) is 8.42 Å². The Hall–Kier alpha value is -0.510. The summed E-state index contributed by atoms with van der Waals surface area (Å²) in [6, 6.07) is 0. The smallest absolute Gasteiger partial charge is 0.267 e. The maximum atomic E-state index is 10.3. The van der Waals surface area contributed by atoms with Crippen LogP contribution in [0.3, 0.4) is 0 Å². The van der Waals surface area contributed by atoms with E-state index in [1.54, 1.807) is 6.08 Å². The Morgan fingerprint density at radius 1 is 0.842 bits per heavy atom. The summed E-state index contributed by atoms with van der Waals surface area (Å²) in [4.78, 5) is 0. The largest absolute Gasteiger partial charge is 0.378 e. The Bertz CT molecular complexity index is 302. The average molecular weight is 298 g/mol. The van der Waals surface area contributed by atoms with Crippen molar-refractivity contribution in [2.24, 2.45) is 0 Å². The Balaban J connectivity index is 3.05. The van der Waals surface area contributed by atoms with Gasteiger partial charge in [0, 0.05) is 0 Å². The molecule has 0 aromatic rings. The predicted molar refractivity (Wildman–Crippen MR) is 69.9 cm³/mol. The Kier molecular flexibility index (Phi) is 12.2. The summed E-state index contributed by atoms with van der Waals surface area (Å²) in [6.07, 6.45) is 1.67. The van der Waals surface area contributed by atoms with Crippen molar-refractivity contribution >= 4 is 10.1 Å². The van der Waals surface area contributed by atoms with Gasteiger partial charge in [-0.25, -0.2) is 0 Å². The van der Waals surface area contributed by atoms with Gasteiger partial charge in [-0.05, 0) is 0 Å². The van der Waals surface area contributed by atoms with E-state index in [2.05, 4.69) is 6.58 Å². The van der Waals surface area contributed by atoms with Gasteiger partial charge in [-0.3, -0.25) is 4.55 Å². The SMILES string of the molecule is C=CCOCCOCCOCCOCCS(=O)(=O)O. The predicted octanol–water partition coefficient (Wildman–Crippen LogP) is 0.127. The monoisotopic (exact) mass is 298 g/mol. The van der Waals surface area contributed by atoms with Gasteiger partial charge >= 0.3 is 0 Å². The zero-order valence-corrected chi connectivity index (χ0v) is 11.8. The first-order chi connectivity index (χ1) is 9.06.